The third-order valence-corrected chi connectivity index (χ3v) is 3.96. The minimum atomic E-state index is -0.0778. The van der Waals surface area contributed by atoms with Crippen LogP contribution in [-0.2, 0) is 11.2 Å². The summed E-state index contributed by atoms with van der Waals surface area (Å²) in [6, 6.07) is 0.427. The number of rotatable bonds is 4. The predicted molar refractivity (Wildman–Crippen MR) is 71.5 cm³/mol. The van der Waals surface area contributed by atoms with Crippen molar-refractivity contribution in [2.24, 2.45) is 0 Å². The van der Waals surface area contributed by atoms with Gasteiger partial charge in [0, 0.05) is 24.4 Å². The molecular weight excluding hydrogens is 232 g/mol. The monoisotopic (exact) mass is 254 g/mol. The number of ether oxygens (including phenoxy) is 1. The molecule has 1 aromatic rings. The van der Waals surface area contributed by atoms with Crippen molar-refractivity contribution in [3.8, 4) is 0 Å². The van der Waals surface area contributed by atoms with Crippen LogP contribution in [0.4, 0.5) is 0 Å². The van der Waals surface area contributed by atoms with Crippen molar-refractivity contribution >= 4 is 11.3 Å². The van der Waals surface area contributed by atoms with Crippen LogP contribution in [0.3, 0.4) is 0 Å². The molecule has 0 aromatic carbocycles. The molecule has 1 atom stereocenters. The molecule has 0 aliphatic carbocycles. The van der Waals surface area contributed by atoms with E-state index in [0.717, 1.165) is 19.4 Å². The van der Waals surface area contributed by atoms with Crippen molar-refractivity contribution in [3.63, 3.8) is 0 Å². The number of hydrogen-bond donors (Lipinski definition) is 1. The molecule has 2 heterocycles. The fourth-order valence-corrected chi connectivity index (χ4v) is 3.21. The summed E-state index contributed by atoms with van der Waals surface area (Å²) in [6.45, 7) is 9.63. The van der Waals surface area contributed by atoms with Gasteiger partial charge in [0.1, 0.15) is 0 Å². The lowest BCUT2D eigenvalue weighted by Gasteiger charge is -2.27. The van der Waals surface area contributed by atoms with E-state index in [9.17, 15) is 0 Å². The van der Waals surface area contributed by atoms with Gasteiger partial charge in [0.2, 0.25) is 0 Å². The molecule has 17 heavy (non-hydrogen) atoms. The minimum absolute atomic E-state index is 0.0121. The summed E-state index contributed by atoms with van der Waals surface area (Å²) in [5, 5.41) is 5.72. The molecule has 1 saturated heterocycles. The fraction of sp³-hybridized carbons (Fsp3) is 0.769. The summed E-state index contributed by atoms with van der Waals surface area (Å²) in [5.74, 6) is 0. The smallest absolute Gasteiger partial charge is 0.0794 e. The maximum atomic E-state index is 6.06. The molecule has 3 nitrogen and oxygen atoms in total. The lowest BCUT2D eigenvalue weighted by molar-refractivity contribution is -0.0697. The number of thiazole rings is 1. The van der Waals surface area contributed by atoms with E-state index in [1.54, 1.807) is 11.3 Å². The highest BCUT2D eigenvalue weighted by Gasteiger charge is 2.45. The first-order valence-electron chi connectivity index (χ1n) is 6.20. The molecule has 0 saturated carbocycles. The van der Waals surface area contributed by atoms with Crippen molar-refractivity contribution < 1.29 is 4.74 Å². The van der Waals surface area contributed by atoms with Gasteiger partial charge >= 0.3 is 0 Å². The maximum Gasteiger partial charge on any atom is 0.0794 e. The summed E-state index contributed by atoms with van der Waals surface area (Å²) in [4.78, 5) is 4.29. The average Bonchev–Trinajstić information content (AvgIpc) is 2.72. The molecule has 0 bridgehead atoms. The largest absolute Gasteiger partial charge is 0.368 e. The Balaban J connectivity index is 1.83. The Bertz CT molecular complexity index is 360. The first kappa shape index (κ1) is 13.0. The summed E-state index contributed by atoms with van der Waals surface area (Å²) < 4.78 is 6.06. The Morgan fingerprint density at radius 1 is 1.47 bits per heavy atom. The highest BCUT2D eigenvalue weighted by atomic mass is 32.1. The molecule has 1 N–H and O–H groups in total. The fourth-order valence-electron chi connectivity index (χ4n) is 2.62. The maximum absolute atomic E-state index is 6.06. The van der Waals surface area contributed by atoms with Crippen LogP contribution >= 0.6 is 11.3 Å². The second kappa shape index (κ2) is 4.67. The molecule has 1 fully saturated rings. The van der Waals surface area contributed by atoms with Gasteiger partial charge in [-0.3, -0.25) is 0 Å². The molecule has 1 aliphatic rings. The Morgan fingerprint density at radius 3 is 2.76 bits per heavy atom. The van der Waals surface area contributed by atoms with Gasteiger partial charge in [-0.05, 0) is 34.1 Å². The molecule has 0 spiro atoms. The number of nitrogens with zero attached hydrogens (tertiary/aromatic N) is 1. The topological polar surface area (TPSA) is 34.2 Å². The van der Waals surface area contributed by atoms with Crippen LogP contribution in [0.5, 0.6) is 0 Å². The van der Waals surface area contributed by atoms with Crippen LogP contribution < -0.4 is 5.32 Å². The SMILES string of the molecule is CC1(C)CC(NCCc2cscn2)C(C)(C)O1. The average molecular weight is 254 g/mol. The number of aromatic nitrogens is 1. The van der Waals surface area contributed by atoms with Crippen LogP contribution in [0.25, 0.3) is 0 Å². The predicted octanol–water partition coefficient (Wildman–Crippen LogP) is 2.62. The van der Waals surface area contributed by atoms with Crippen LogP contribution in [-0.4, -0.2) is 28.8 Å². The van der Waals surface area contributed by atoms with Gasteiger partial charge in [0.15, 0.2) is 0 Å². The molecule has 4 heteroatoms. The quantitative estimate of drug-likeness (QED) is 0.897. The normalized spacial score (nSPS) is 26.2. The molecule has 1 aliphatic heterocycles. The highest BCUT2D eigenvalue weighted by Crippen LogP contribution is 2.37. The van der Waals surface area contributed by atoms with E-state index in [1.165, 1.54) is 5.69 Å². The second-order valence-corrected chi connectivity index (χ2v) is 6.62. The van der Waals surface area contributed by atoms with E-state index in [-0.39, 0.29) is 11.2 Å². The van der Waals surface area contributed by atoms with Crippen molar-refractivity contribution in [3.05, 3.63) is 16.6 Å². The molecule has 96 valence electrons. The Morgan fingerprint density at radius 2 is 2.24 bits per heavy atom. The number of nitrogens with one attached hydrogen (secondary N) is 1. The van der Waals surface area contributed by atoms with Gasteiger partial charge in [-0.1, -0.05) is 0 Å². The third kappa shape index (κ3) is 3.27. The van der Waals surface area contributed by atoms with E-state index >= 15 is 0 Å². The highest BCUT2D eigenvalue weighted by molar-refractivity contribution is 7.07. The van der Waals surface area contributed by atoms with Gasteiger partial charge in [0.05, 0.1) is 22.4 Å². The van der Waals surface area contributed by atoms with Crippen LogP contribution in [0.2, 0.25) is 0 Å². The van der Waals surface area contributed by atoms with E-state index < -0.39 is 0 Å². The third-order valence-electron chi connectivity index (χ3n) is 3.33. The van der Waals surface area contributed by atoms with Crippen molar-refractivity contribution in [1.29, 1.82) is 0 Å². The van der Waals surface area contributed by atoms with Crippen molar-refractivity contribution in [1.82, 2.24) is 10.3 Å². The molecule has 0 radical (unpaired) electrons. The first-order chi connectivity index (χ1) is 7.89. The zero-order chi connectivity index (χ0) is 12.5. The van der Waals surface area contributed by atoms with Gasteiger partial charge in [-0.25, -0.2) is 4.98 Å². The molecule has 1 unspecified atom stereocenters. The molecule has 2 rings (SSSR count). The summed E-state index contributed by atoms with van der Waals surface area (Å²) >= 11 is 1.66. The van der Waals surface area contributed by atoms with Gasteiger partial charge < -0.3 is 10.1 Å². The standard InChI is InChI=1S/C13H22N2OS/c1-12(2)7-11(13(3,4)16-12)14-6-5-10-8-17-9-15-10/h8-9,11,14H,5-7H2,1-4H3. The summed E-state index contributed by atoms with van der Waals surface area (Å²) in [6.07, 6.45) is 2.06. The Hall–Kier alpha value is -0.450. The molecular formula is C13H22N2OS. The van der Waals surface area contributed by atoms with E-state index in [1.807, 2.05) is 5.51 Å². The van der Waals surface area contributed by atoms with Crippen molar-refractivity contribution in [2.75, 3.05) is 6.54 Å². The van der Waals surface area contributed by atoms with Gasteiger partial charge in [0.25, 0.3) is 0 Å². The van der Waals surface area contributed by atoms with Gasteiger partial charge in [-0.2, -0.15) is 0 Å². The van der Waals surface area contributed by atoms with Crippen LogP contribution in [0, 0.1) is 0 Å². The zero-order valence-corrected chi connectivity index (χ0v) is 11.9. The van der Waals surface area contributed by atoms with E-state index in [2.05, 4.69) is 43.4 Å². The van der Waals surface area contributed by atoms with E-state index in [0.29, 0.717) is 6.04 Å². The molecule has 0 amide bonds. The van der Waals surface area contributed by atoms with Gasteiger partial charge in [-0.15, -0.1) is 11.3 Å². The lowest BCUT2D eigenvalue weighted by Crippen LogP contribution is -2.44. The van der Waals surface area contributed by atoms with Crippen molar-refractivity contribution in [2.45, 2.75) is 57.8 Å². The second-order valence-electron chi connectivity index (χ2n) is 5.91. The zero-order valence-electron chi connectivity index (χ0n) is 11.1. The summed E-state index contributed by atoms with van der Waals surface area (Å²) in [5.41, 5.74) is 2.98. The first-order valence-corrected chi connectivity index (χ1v) is 7.14. The van der Waals surface area contributed by atoms with Crippen LogP contribution in [0.1, 0.15) is 39.8 Å². The lowest BCUT2D eigenvalue weighted by atomic mass is 9.94. The number of hydrogen-bond acceptors (Lipinski definition) is 4. The van der Waals surface area contributed by atoms with E-state index in [4.69, 9.17) is 4.74 Å². The summed E-state index contributed by atoms with van der Waals surface area (Å²) in [7, 11) is 0. The Kier molecular flexibility index (Phi) is 3.57. The molecule has 1 aromatic heterocycles. The Labute approximate surface area is 108 Å². The van der Waals surface area contributed by atoms with Crippen LogP contribution in [0.15, 0.2) is 10.9 Å². The minimum Gasteiger partial charge on any atom is -0.368 e.